The van der Waals surface area contributed by atoms with Crippen molar-refractivity contribution in [2.24, 2.45) is 0 Å². The molecular formula is C45H54N8O10. The molecule has 0 saturated carbocycles. The number of nitrogens with one attached hydrogen (secondary N) is 3. The second-order valence-electron chi connectivity index (χ2n) is 16.2. The largest absolute Gasteiger partial charge is 0.505 e. The van der Waals surface area contributed by atoms with Crippen molar-refractivity contribution in [1.29, 1.82) is 0 Å². The van der Waals surface area contributed by atoms with Gasteiger partial charge in [-0.1, -0.05) is 49.4 Å². The summed E-state index contributed by atoms with van der Waals surface area (Å²) >= 11 is 0. The number of benzene rings is 2. The molecule has 0 bridgehead atoms. The van der Waals surface area contributed by atoms with E-state index in [1.807, 2.05) is 43.3 Å². The number of ketones is 1. The van der Waals surface area contributed by atoms with Crippen LogP contribution in [0, 0.1) is 0 Å². The molecule has 3 fully saturated rings. The predicted molar refractivity (Wildman–Crippen MR) is 228 cm³/mol. The summed E-state index contributed by atoms with van der Waals surface area (Å²) in [6.45, 7) is 3.02. The van der Waals surface area contributed by atoms with Gasteiger partial charge in [0.2, 0.25) is 29.5 Å². The van der Waals surface area contributed by atoms with Crippen LogP contribution in [0.4, 0.5) is 5.69 Å². The van der Waals surface area contributed by atoms with Gasteiger partial charge in [-0.05, 0) is 61.6 Å². The molecule has 4 heterocycles. The first kappa shape index (κ1) is 45.7. The third-order valence-corrected chi connectivity index (χ3v) is 11.8. The van der Waals surface area contributed by atoms with Crippen molar-refractivity contribution in [3.05, 3.63) is 89.7 Å². The number of rotatable bonds is 7. The Morgan fingerprint density at radius 1 is 0.873 bits per heavy atom. The van der Waals surface area contributed by atoms with Crippen LogP contribution in [-0.2, 0) is 44.7 Å². The molecule has 3 aromatic rings. The molecule has 1 aromatic heterocycles. The molecule has 63 heavy (non-hydrogen) atoms. The second-order valence-corrected chi connectivity index (χ2v) is 16.2. The van der Waals surface area contributed by atoms with Gasteiger partial charge in [0.1, 0.15) is 47.8 Å². The fourth-order valence-corrected chi connectivity index (χ4v) is 8.20. The van der Waals surface area contributed by atoms with E-state index in [9.17, 15) is 43.5 Å². The Hall–Kier alpha value is -6.85. The summed E-state index contributed by atoms with van der Waals surface area (Å²) in [5.74, 6) is -6.33. The number of fused-ring (bicyclic) bond motifs is 2. The molecule has 18 heteroatoms. The van der Waals surface area contributed by atoms with Gasteiger partial charge in [-0.25, -0.2) is 9.78 Å². The number of ether oxygens (including phenoxy) is 1. The van der Waals surface area contributed by atoms with Crippen molar-refractivity contribution in [3.8, 4) is 5.75 Å². The maximum absolute atomic E-state index is 15.0. The number of carbonyl (C=O) groups excluding carboxylic acids is 8. The quantitative estimate of drug-likeness (QED) is 0.247. The highest BCUT2D eigenvalue weighted by atomic mass is 16.5. The summed E-state index contributed by atoms with van der Waals surface area (Å²) in [5, 5.41) is 18.2. The molecule has 2 aromatic carbocycles. The van der Waals surface area contributed by atoms with E-state index in [1.165, 1.54) is 47.0 Å². The van der Waals surface area contributed by atoms with Gasteiger partial charge in [0.25, 0.3) is 5.91 Å². The number of hydrogen-bond donors (Lipinski definition) is 4. The van der Waals surface area contributed by atoms with E-state index in [4.69, 9.17) is 4.74 Å². The molecular weight excluding hydrogens is 813 g/mol. The van der Waals surface area contributed by atoms with Crippen molar-refractivity contribution in [2.75, 3.05) is 39.1 Å². The second kappa shape index (κ2) is 19.9. The number of hydrogen-bond acceptors (Lipinski definition) is 12. The van der Waals surface area contributed by atoms with Gasteiger partial charge < -0.3 is 45.4 Å². The fraction of sp³-hybridized carbons (Fsp3) is 0.444. The van der Waals surface area contributed by atoms with E-state index in [1.54, 1.807) is 37.3 Å². The number of Topliss-reactive ketones (excluding diaryl/α,β-unsaturated/α-hetero) is 1. The first-order valence-corrected chi connectivity index (χ1v) is 21.1. The van der Waals surface area contributed by atoms with Gasteiger partial charge in [-0.2, -0.15) is 0 Å². The van der Waals surface area contributed by atoms with Crippen molar-refractivity contribution in [1.82, 2.24) is 35.6 Å². The van der Waals surface area contributed by atoms with Gasteiger partial charge in [0, 0.05) is 65.4 Å². The van der Waals surface area contributed by atoms with E-state index >= 15 is 0 Å². The lowest BCUT2D eigenvalue weighted by Gasteiger charge is -2.40. The summed E-state index contributed by atoms with van der Waals surface area (Å²) in [5.41, 5.74) is 1.45. The number of amides is 6. The Balaban J connectivity index is 1.44. The molecule has 4 N–H and O–H groups in total. The zero-order chi connectivity index (χ0) is 45.5. The summed E-state index contributed by atoms with van der Waals surface area (Å²) in [4.78, 5) is 123. The van der Waals surface area contributed by atoms with Crippen LogP contribution in [-0.4, -0.2) is 143 Å². The molecule has 0 unspecified atom stereocenters. The van der Waals surface area contributed by atoms with Crippen LogP contribution in [0.2, 0.25) is 0 Å². The molecule has 3 saturated heterocycles. The molecule has 7 atom stereocenters. The van der Waals surface area contributed by atoms with Gasteiger partial charge in [-0.3, -0.25) is 33.6 Å². The molecule has 3 aliphatic heterocycles. The smallest absolute Gasteiger partial charge is 0.333 e. The van der Waals surface area contributed by atoms with Crippen LogP contribution in [0.1, 0.15) is 73.6 Å². The lowest BCUT2D eigenvalue weighted by atomic mass is 9.95. The fourth-order valence-electron chi connectivity index (χ4n) is 8.20. The Morgan fingerprint density at radius 2 is 1.57 bits per heavy atom. The van der Waals surface area contributed by atoms with E-state index < -0.39 is 95.2 Å². The minimum Gasteiger partial charge on any atom is -0.505 e. The summed E-state index contributed by atoms with van der Waals surface area (Å²) in [7, 11) is 5.25. The Labute approximate surface area is 365 Å². The lowest BCUT2D eigenvalue weighted by molar-refractivity contribution is -0.156. The minimum absolute atomic E-state index is 0.0299. The third kappa shape index (κ3) is 10.3. The number of aromatic nitrogens is 1. The van der Waals surface area contributed by atoms with Crippen LogP contribution >= 0.6 is 0 Å². The average Bonchev–Trinajstić information content (AvgIpc) is 3.77. The van der Waals surface area contributed by atoms with Crippen LogP contribution < -0.4 is 20.9 Å². The van der Waals surface area contributed by atoms with Gasteiger partial charge >= 0.3 is 5.97 Å². The normalized spacial score (nSPS) is 25.4. The van der Waals surface area contributed by atoms with Crippen LogP contribution in [0.15, 0.2) is 72.9 Å². The highest BCUT2D eigenvalue weighted by Gasteiger charge is 2.45. The third-order valence-electron chi connectivity index (χ3n) is 11.8. The number of anilines is 1. The number of aromatic hydroxyl groups is 1. The van der Waals surface area contributed by atoms with Crippen molar-refractivity contribution in [3.63, 3.8) is 0 Å². The SMILES string of the molecule is CC[C@H]1NC(=O)[C@@H](NC(=O)c2ncccc2O)[C@@H](C)OC(=O)[C@@H](c2ccccc2)NC(=O)[C@@H]2CC(=O)CCN2C(=O)[C@@H](Cc2ccc(N(C)C)cc2)N(C)C(=O)[C@@H]2CCCN2C1=O. The number of carbonyl (C=O) groups is 8. The first-order valence-electron chi connectivity index (χ1n) is 21.1. The molecule has 0 radical (unpaired) electrons. The van der Waals surface area contributed by atoms with Gasteiger partial charge in [0.15, 0.2) is 11.7 Å². The van der Waals surface area contributed by atoms with Crippen molar-refractivity contribution in [2.45, 2.75) is 94.7 Å². The number of piperidine rings is 1. The zero-order valence-electron chi connectivity index (χ0n) is 36.0. The van der Waals surface area contributed by atoms with Crippen molar-refractivity contribution < 1.29 is 48.2 Å². The number of esters is 1. The standard InChI is InChI=1S/C45H54N8O10/c1-6-31-42(59)52-22-11-14-32(52)43(60)51(5)34(24-27-16-18-29(19-17-27)50(3)4)44(61)53-23-20-30(54)25-33(53)39(56)49-37(28-12-8-7-9-13-28)45(62)63-26(2)36(40(57)47-31)48-41(58)38-35(55)15-10-21-46-38/h7-10,12-13,15-19,21,26,31-34,36-37,55H,6,11,14,20,22-25H2,1-5H3,(H,47,57)(H,48,58)(H,49,56)/t26-,31-,32+,33+,34-,36+,37-/m1/s1. The molecule has 3 aliphatic rings. The van der Waals surface area contributed by atoms with E-state index in [2.05, 4.69) is 20.9 Å². The minimum atomic E-state index is -1.68. The molecule has 0 aliphatic carbocycles. The Kier molecular flexibility index (Phi) is 14.4. The highest BCUT2D eigenvalue weighted by molar-refractivity contribution is 6.01. The monoisotopic (exact) mass is 866 g/mol. The van der Waals surface area contributed by atoms with E-state index in [0.717, 1.165) is 5.69 Å². The summed E-state index contributed by atoms with van der Waals surface area (Å²) in [6, 6.07) is 10.1. The van der Waals surface area contributed by atoms with Crippen LogP contribution in [0.5, 0.6) is 5.75 Å². The number of cyclic esters (lactones) is 1. The number of likely N-dealkylation sites (N-methyl/N-ethyl adjacent to an activating group) is 1. The van der Waals surface area contributed by atoms with E-state index in [0.29, 0.717) is 12.0 Å². The maximum atomic E-state index is 15.0. The molecule has 6 rings (SSSR count). The molecule has 0 spiro atoms. The molecule has 18 nitrogen and oxygen atoms in total. The highest BCUT2D eigenvalue weighted by Crippen LogP contribution is 2.27. The number of nitrogens with zero attached hydrogens (tertiary/aromatic N) is 5. The zero-order valence-corrected chi connectivity index (χ0v) is 36.0. The van der Waals surface area contributed by atoms with Crippen molar-refractivity contribution >= 4 is 52.9 Å². The Morgan fingerprint density at radius 3 is 2.24 bits per heavy atom. The lowest BCUT2D eigenvalue weighted by Crippen LogP contribution is -2.61. The van der Waals surface area contributed by atoms with Crippen LogP contribution in [0.25, 0.3) is 0 Å². The summed E-state index contributed by atoms with van der Waals surface area (Å²) in [6.07, 6.45) is 0.175. The maximum Gasteiger partial charge on any atom is 0.333 e. The summed E-state index contributed by atoms with van der Waals surface area (Å²) < 4.78 is 5.85. The van der Waals surface area contributed by atoms with Crippen LogP contribution in [0.3, 0.4) is 0 Å². The van der Waals surface area contributed by atoms with Gasteiger partial charge in [-0.15, -0.1) is 0 Å². The average molecular weight is 867 g/mol. The number of pyridine rings is 1. The topological polar surface area (TPSA) is 228 Å². The molecule has 6 amide bonds. The predicted octanol–water partition coefficient (Wildman–Crippen LogP) is 1.27. The first-order chi connectivity index (χ1) is 30.1. The van der Waals surface area contributed by atoms with Gasteiger partial charge in [0.05, 0.1) is 0 Å². The van der Waals surface area contributed by atoms with E-state index in [-0.39, 0.29) is 56.5 Å². The molecule has 334 valence electrons. The Bertz CT molecular complexity index is 2220.